The Morgan fingerprint density at radius 1 is 1.22 bits per heavy atom. The minimum Gasteiger partial charge on any atom is -0.445 e. The average Bonchev–Trinajstić information content (AvgIpc) is 2.40. The van der Waals surface area contributed by atoms with E-state index in [2.05, 4.69) is 27.9 Å². The van der Waals surface area contributed by atoms with Gasteiger partial charge in [0.25, 0.3) is 0 Å². The molecule has 1 aromatic carbocycles. The van der Waals surface area contributed by atoms with Gasteiger partial charge in [-0.2, -0.15) is 0 Å². The first-order valence-corrected chi connectivity index (χ1v) is 7.60. The van der Waals surface area contributed by atoms with Crippen molar-refractivity contribution in [2.24, 2.45) is 0 Å². The van der Waals surface area contributed by atoms with Crippen molar-refractivity contribution in [3.05, 3.63) is 35.9 Å². The molecule has 2 rings (SSSR count). The number of amides is 1. The van der Waals surface area contributed by atoms with Crippen molar-refractivity contribution in [2.45, 2.75) is 42.3 Å². The lowest BCUT2D eigenvalue weighted by Gasteiger charge is -2.25. The highest BCUT2D eigenvalue weighted by Crippen LogP contribution is 2.24. The van der Waals surface area contributed by atoms with Crippen molar-refractivity contribution in [1.29, 1.82) is 0 Å². The van der Waals surface area contributed by atoms with Crippen LogP contribution in [-0.2, 0) is 11.3 Å². The highest BCUT2D eigenvalue weighted by molar-refractivity contribution is 14.1. The van der Waals surface area contributed by atoms with E-state index >= 15 is 0 Å². The third-order valence-electron chi connectivity index (χ3n) is 3.19. The molecular formula is C14H18INO2. The number of benzene rings is 1. The summed E-state index contributed by atoms with van der Waals surface area (Å²) in [7, 11) is 0. The zero-order valence-corrected chi connectivity index (χ0v) is 12.4. The van der Waals surface area contributed by atoms with E-state index in [-0.39, 0.29) is 6.09 Å². The van der Waals surface area contributed by atoms with Crippen molar-refractivity contribution in [2.75, 3.05) is 0 Å². The van der Waals surface area contributed by atoms with E-state index < -0.39 is 0 Å². The van der Waals surface area contributed by atoms with Gasteiger partial charge in [0.1, 0.15) is 6.61 Å². The summed E-state index contributed by atoms with van der Waals surface area (Å²) >= 11 is 2.48. The molecule has 0 spiro atoms. The van der Waals surface area contributed by atoms with E-state index in [1.54, 1.807) is 0 Å². The van der Waals surface area contributed by atoms with Gasteiger partial charge in [0.05, 0.1) is 0 Å². The summed E-state index contributed by atoms with van der Waals surface area (Å²) in [6, 6.07) is 10.0. The lowest BCUT2D eigenvalue weighted by Crippen LogP contribution is -2.38. The summed E-state index contributed by atoms with van der Waals surface area (Å²) < 4.78 is 5.97. The maximum atomic E-state index is 11.6. The Labute approximate surface area is 121 Å². The summed E-state index contributed by atoms with van der Waals surface area (Å²) in [5, 5.41) is 2.95. The van der Waals surface area contributed by atoms with Crippen molar-refractivity contribution >= 4 is 28.7 Å². The molecule has 18 heavy (non-hydrogen) atoms. The van der Waals surface area contributed by atoms with Gasteiger partial charge in [0, 0.05) is 9.97 Å². The average molecular weight is 359 g/mol. The van der Waals surface area contributed by atoms with Crippen LogP contribution >= 0.6 is 22.6 Å². The second kappa shape index (κ2) is 6.97. The highest BCUT2D eigenvalue weighted by atomic mass is 127. The summed E-state index contributed by atoms with van der Waals surface area (Å²) in [4.78, 5) is 11.6. The summed E-state index contributed by atoms with van der Waals surface area (Å²) in [6.07, 6.45) is 4.20. The molecule has 1 aliphatic carbocycles. The minimum atomic E-state index is -0.296. The normalized spacial score (nSPS) is 23.4. The number of alkyl halides is 1. The maximum Gasteiger partial charge on any atom is 0.407 e. The number of carbonyl (C=O) groups is 1. The molecule has 3 nitrogen and oxygen atoms in total. The fourth-order valence-electron chi connectivity index (χ4n) is 2.13. The predicted molar refractivity (Wildman–Crippen MR) is 79.8 cm³/mol. The van der Waals surface area contributed by atoms with Gasteiger partial charge in [-0.15, -0.1) is 0 Å². The number of alkyl carbamates (subject to hydrolysis) is 1. The van der Waals surface area contributed by atoms with Crippen molar-refractivity contribution < 1.29 is 9.53 Å². The Kier molecular flexibility index (Phi) is 5.28. The van der Waals surface area contributed by atoms with E-state index in [4.69, 9.17) is 4.74 Å². The molecule has 1 aliphatic rings. The summed E-state index contributed by atoms with van der Waals surface area (Å²) in [5.41, 5.74) is 1.02. The van der Waals surface area contributed by atoms with Crippen LogP contribution in [0.15, 0.2) is 30.3 Å². The number of halogens is 1. The van der Waals surface area contributed by atoms with Crippen LogP contribution in [0.4, 0.5) is 4.79 Å². The zero-order chi connectivity index (χ0) is 12.8. The van der Waals surface area contributed by atoms with Crippen LogP contribution in [0.1, 0.15) is 31.2 Å². The van der Waals surface area contributed by atoms with E-state index in [1.807, 2.05) is 30.3 Å². The van der Waals surface area contributed by atoms with Gasteiger partial charge >= 0.3 is 6.09 Å². The molecule has 0 heterocycles. The molecule has 0 bridgehead atoms. The van der Waals surface area contributed by atoms with Gasteiger partial charge in [-0.1, -0.05) is 52.9 Å². The Hall–Kier alpha value is -0.780. The zero-order valence-electron chi connectivity index (χ0n) is 10.3. The van der Waals surface area contributed by atoms with Gasteiger partial charge in [-0.05, 0) is 31.2 Å². The molecule has 0 saturated heterocycles. The molecule has 1 amide bonds. The topological polar surface area (TPSA) is 38.3 Å². The van der Waals surface area contributed by atoms with Crippen LogP contribution < -0.4 is 5.32 Å². The van der Waals surface area contributed by atoms with E-state index in [9.17, 15) is 4.79 Å². The number of ether oxygens (including phenoxy) is 1. The Morgan fingerprint density at radius 2 is 1.89 bits per heavy atom. The van der Waals surface area contributed by atoms with Crippen LogP contribution in [0, 0.1) is 0 Å². The SMILES string of the molecule is O=C(NC1CCC(I)CC1)OCc1ccccc1. The Morgan fingerprint density at radius 3 is 2.56 bits per heavy atom. The molecule has 1 fully saturated rings. The Balaban J connectivity index is 1.69. The number of hydrogen-bond donors (Lipinski definition) is 1. The number of rotatable bonds is 3. The van der Waals surface area contributed by atoms with Gasteiger partial charge in [-0.25, -0.2) is 4.79 Å². The molecule has 0 aliphatic heterocycles. The van der Waals surface area contributed by atoms with E-state index in [1.165, 1.54) is 12.8 Å². The van der Waals surface area contributed by atoms with Crippen LogP contribution in [0.3, 0.4) is 0 Å². The minimum absolute atomic E-state index is 0.291. The lowest BCUT2D eigenvalue weighted by molar-refractivity contribution is 0.133. The Bertz CT molecular complexity index is 375. The van der Waals surface area contributed by atoms with Crippen LogP contribution in [0.2, 0.25) is 0 Å². The van der Waals surface area contributed by atoms with Gasteiger partial charge < -0.3 is 10.1 Å². The third kappa shape index (κ3) is 4.48. The molecule has 1 N–H and O–H groups in total. The largest absolute Gasteiger partial charge is 0.445 e. The molecule has 0 atom stereocenters. The number of hydrogen-bond acceptors (Lipinski definition) is 2. The third-order valence-corrected chi connectivity index (χ3v) is 4.44. The predicted octanol–water partition coefficient (Wildman–Crippen LogP) is 3.66. The molecule has 0 radical (unpaired) electrons. The molecule has 4 heteroatoms. The number of carbonyl (C=O) groups excluding carboxylic acids is 1. The number of nitrogens with one attached hydrogen (secondary N) is 1. The van der Waals surface area contributed by atoms with Crippen LogP contribution in [0.5, 0.6) is 0 Å². The monoisotopic (exact) mass is 359 g/mol. The van der Waals surface area contributed by atoms with E-state index in [0.717, 1.165) is 22.3 Å². The van der Waals surface area contributed by atoms with Crippen LogP contribution in [-0.4, -0.2) is 16.1 Å². The maximum absolute atomic E-state index is 11.6. The van der Waals surface area contributed by atoms with Gasteiger partial charge in [-0.3, -0.25) is 0 Å². The first kappa shape index (κ1) is 13.6. The van der Waals surface area contributed by atoms with Crippen molar-refractivity contribution in [3.8, 4) is 0 Å². The molecule has 1 aromatic rings. The second-order valence-electron chi connectivity index (χ2n) is 4.65. The van der Waals surface area contributed by atoms with Gasteiger partial charge in [0.2, 0.25) is 0 Å². The van der Waals surface area contributed by atoms with Crippen molar-refractivity contribution in [3.63, 3.8) is 0 Å². The van der Waals surface area contributed by atoms with Crippen molar-refractivity contribution in [1.82, 2.24) is 5.32 Å². The van der Waals surface area contributed by atoms with E-state index in [0.29, 0.717) is 12.6 Å². The second-order valence-corrected chi connectivity index (χ2v) is 6.42. The fourth-order valence-corrected chi connectivity index (χ4v) is 2.85. The quantitative estimate of drug-likeness (QED) is 0.661. The molecule has 0 aromatic heterocycles. The lowest BCUT2D eigenvalue weighted by atomic mass is 9.96. The fraction of sp³-hybridized carbons (Fsp3) is 0.500. The van der Waals surface area contributed by atoms with Crippen LogP contribution in [0.25, 0.3) is 0 Å². The molecule has 0 unspecified atom stereocenters. The van der Waals surface area contributed by atoms with Gasteiger partial charge in [0.15, 0.2) is 0 Å². The molecule has 1 saturated carbocycles. The summed E-state index contributed by atoms with van der Waals surface area (Å²) in [6.45, 7) is 0.342. The first-order valence-electron chi connectivity index (χ1n) is 6.35. The summed E-state index contributed by atoms with van der Waals surface area (Å²) in [5.74, 6) is 0. The first-order chi connectivity index (χ1) is 8.74. The standard InChI is InChI=1S/C14H18INO2/c15-12-6-8-13(9-7-12)16-14(17)18-10-11-4-2-1-3-5-11/h1-5,12-13H,6-10H2,(H,16,17). The molecular weight excluding hydrogens is 341 g/mol. The smallest absolute Gasteiger partial charge is 0.407 e. The highest BCUT2D eigenvalue weighted by Gasteiger charge is 2.20. The molecule has 98 valence electrons.